The van der Waals surface area contributed by atoms with Crippen molar-refractivity contribution in [3.05, 3.63) is 42.0 Å². The molecule has 2 aromatic carbocycles. The van der Waals surface area contributed by atoms with E-state index >= 15 is 0 Å². The lowest BCUT2D eigenvalue weighted by Crippen LogP contribution is -2.43. The monoisotopic (exact) mass is 366 g/mol. The average Bonchev–Trinajstić information content (AvgIpc) is 2.98. The summed E-state index contributed by atoms with van der Waals surface area (Å²) in [6.45, 7) is 4.51. The number of alkyl halides is 3. The van der Waals surface area contributed by atoms with Crippen LogP contribution in [0.2, 0.25) is 0 Å². The molecule has 1 heterocycles. The van der Waals surface area contributed by atoms with E-state index in [1.54, 1.807) is 30.3 Å². The minimum atomic E-state index is -4.53. The van der Waals surface area contributed by atoms with Crippen LogP contribution in [0.3, 0.4) is 0 Å². The summed E-state index contributed by atoms with van der Waals surface area (Å²) in [5.74, 6) is 0.439. The van der Waals surface area contributed by atoms with Gasteiger partial charge in [-0.05, 0) is 34.4 Å². The van der Waals surface area contributed by atoms with Gasteiger partial charge in [-0.15, -0.1) is 0 Å². The lowest BCUT2D eigenvalue weighted by Gasteiger charge is -2.30. The Morgan fingerprint density at radius 1 is 1.23 bits per heavy atom. The van der Waals surface area contributed by atoms with Crippen LogP contribution >= 0.6 is 0 Å². The number of nitrogens with one attached hydrogen (secondary N) is 1. The SMILES string of the molecule is CC(C)COc1ccc2cccc(C(N3CCC(=O)N3)C(F)(F)F)c2c1. The summed E-state index contributed by atoms with van der Waals surface area (Å²) < 4.78 is 47.2. The number of halogens is 3. The number of benzene rings is 2. The smallest absolute Gasteiger partial charge is 0.409 e. The van der Waals surface area contributed by atoms with Crippen molar-refractivity contribution in [3.8, 4) is 5.75 Å². The zero-order valence-corrected chi connectivity index (χ0v) is 14.6. The van der Waals surface area contributed by atoms with Gasteiger partial charge >= 0.3 is 6.18 Å². The van der Waals surface area contributed by atoms with Crippen molar-refractivity contribution in [3.63, 3.8) is 0 Å². The van der Waals surface area contributed by atoms with Crippen LogP contribution in [0.1, 0.15) is 31.9 Å². The van der Waals surface area contributed by atoms with Crippen LogP contribution in [-0.2, 0) is 4.79 Å². The Bertz CT molecular complexity index is 805. The van der Waals surface area contributed by atoms with Crippen molar-refractivity contribution in [2.24, 2.45) is 5.92 Å². The second-order valence-corrected chi connectivity index (χ2v) is 6.86. The van der Waals surface area contributed by atoms with E-state index in [4.69, 9.17) is 4.74 Å². The van der Waals surface area contributed by atoms with Gasteiger partial charge in [0.15, 0.2) is 6.04 Å². The normalized spacial score (nSPS) is 16.9. The average molecular weight is 366 g/mol. The molecule has 0 radical (unpaired) electrons. The molecule has 1 saturated heterocycles. The molecule has 1 fully saturated rings. The molecular weight excluding hydrogens is 345 g/mol. The summed E-state index contributed by atoms with van der Waals surface area (Å²) in [6, 6.07) is 8.07. The molecule has 1 amide bonds. The first-order chi connectivity index (χ1) is 12.3. The summed E-state index contributed by atoms with van der Waals surface area (Å²) in [5.41, 5.74) is 2.43. The fraction of sp³-hybridized carbons (Fsp3) is 0.421. The predicted octanol–water partition coefficient (Wildman–Crippen LogP) is 4.21. The molecule has 1 aliphatic rings. The largest absolute Gasteiger partial charge is 0.493 e. The fourth-order valence-corrected chi connectivity index (χ4v) is 3.08. The molecule has 0 saturated carbocycles. The Morgan fingerprint density at radius 3 is 2.62 bits per heavy atom. The van der Waals surface area contributed by atoms with Crippen LogP contribution in [-0.4, -0.2) is 30.2 Å². The molecule has 7 heteroatoms. The molecule has 140 valence electrons. The third-order valence-electron chi connectivity index (χ3n) is 4.24. The quantitative estimate of drug-likeness (QED) is 0.862. The molecule has 0 bridgehead atoms. The van der Waals surface area contributed by atoms with Crippen molar-refractivity contribution < 1.29 is 22.7 Å². The lowest BCUT2D eigenvalue weighted by molar-refractivity contribution is -0.190. The van der Waals surface area contributed by atoms with Crippen LogP contribution in [0, 0.1) is 5.92 Å². The molecule has 26 heavy (non-hydrogen) atoms. The van der Waals surface area contributed by atoms with E-state index in [-0.39, 0.29) is 18.5 Å². The Balaban J connectivity index is 2.05. The van der Waals surface area contributed by atoms with Crippen molar-refractivity contribution in [1.29, 1.82) is 0 Å². The van der Waals surface area contributed by atoms with E-state index in [0.29, 0.717) is 29.0 Å². The number of rotatable bonds is 5. The second kappa shape index (κ2) is 7.15. The van der Waals surface area contributed by atoms with E-state index in [1.165, 1.54) is 6.07 Å². The van der Waals surface area contributed by atoms with Gasteiger partial charge in [-0.1, -0.05) is 38.1 Å². The summed E-state index contributed by atoms with van der Waals surface area (Å²) in [6.07, 6.45) is -4.47. The molecule has 1 unspecified atom stereocenters. The van der Waals surface area contributed by atoms with Crippen LogP contribution < -0.4 is 10.2 Å². The Hall–Kier alpha value is -2.28. The molecule has 1 N–H and O–H groups in total. The Morgan fingerprint density at radius 2 is 2.00 bits per heavy atom. The zero-order valence-electron chi connectivity index (χ0n) is 14.6. The van der Waals surface area contributed by atoms with Gasteiger partial charge in [-0.2, -0.15) is 13.2 Å². The Labute approximate surface area is 149 Å². The Kier molecular flexibility index (Phi) is 5.09. The number of carbonyl (C=O) groups excluding carboxylic acids is 1. The van der Waals surface area contributed by atoms with Gasteiger partial charge in [-0.3, -0.25) is 10.2 Å². The van der Waals surface area contributed by atoms with E-state index in [9.17, 15) is 18.0 Å². The van der Waals surface area contributed by atoms with Crippen LogP contribution in [0.15, 0.2) is 36.4 Å². The van der Waals surface area contributed by atoms with Crippen LogP contribution in [0.4, 0.5) is 13.2 Å². The number of hydrogen-bond donors (Lipinski definition) is 1. The minimum absolute atomic E-state index is 0.0168. The van der Waals surface area contributed by atoms with E-state index in [2.05, 4.69) is 5.43 Å². The molecule has 0 aliphatic carbocycles. The topological polar surface area (TPSA) is 41.6 Å². The van der Waals surface area contributed by atoms with Crippen LogP contribution in [0.5, 0.6) is 5.75 Å². The third kappa shape index (κ3) is 3.93. The molecule has 0 aromatic heterocycles. The summed E-state index contributed by atoms with van der Waals surface area (Å²) in [5, 5.41) is 2.13. The number of hydrogen-bond acceptors (Lipinski definition) is 3. The molecular formula is C19H21F3N2O2. The molecule has 4 nitrogen and oxygen atoms in total. The summed E-state index contributed by atoms with van der Waals surface area (Å²) >= 11 is 0. The molecule has 1 atom stereocenters. The van der Waals surface area contributed by atoms with Crippen molar-refractivity contribution >= 4 is 16.7 Å². The van der Waals surface area contributed by atoms with Gasteiger partial charge in [0.2, 0.25) is 5.91 Å². The van der Waals surface area contributed by atoms with Crippen LogP contribution in [0.25, 0.3) is 10.8 Å². The van der Waals surface area contributed by atoms with E-state index in [1.807, 2.05) is 13.8 Å². The van der Waals surface area contributed by atoms with Gasteiger partial charge in [0.05, 0.1) is 6.61 Å². The van der Waals surface area contributed by atoms with Gasteiger partial charge in [0.25, 0.3) is 0 Å². The maximum atomic E-state index is 13.8. The van der Waals surface area contributed by atoms with Crippen molar-refractivity contribution in [1.82, 2.24) is 10.4 Å². The number of carbonyl (C=O) groups is 1. The summed E-state index contributed by atoms with van der Waals surface area (Å²) in [7, 11) is 0. The maximum Gasteiger partial charge on any atom is 0.409 e. The summed E-state index contributed by atoms with van der Waals surface area (Å²) in [4.78, 5) is 11.4. The first kappa shape index (κ1) is 18.5. The number of ether oxygens (including phenoxy) is 1. The van der Waals surface area contributed by atoms with Crippen molar-refractivity contribution in [2.45, 2.75) is 32.5 Å². The highest BCUT2D eigenvalue weighted by atomic mass is 19.4. The third-order valence-corrected chi connectivity index (χ3v) is 4.24. The highest BCUT2D eigenvalue weighted by Crippen LogP contribution is 2.41. The van der Waals surface area contributed by atoms with Gasteiger partial charge in [0, 0.05) is 13.0 Å². The number of hydrazine groups is 1. The molecule has 0 spiro atoms. The van der Waals surface area contributed by atoms with Gasteiger partial charge in [-0.25, -0.2) is 5.01 Å². The number of fused-ring (bicyclic) bond motifs is 1. The van der Waals surface area contributed by atoms with Gasteiger partial charge in [0.1, 0.15) is 5.75 Å². The molecule has 2 aromatic rings. The predicted molar refractivity (Wildman–Crippen MR) is 92.5 cm³/mol. The minimum Gasteiger partial charge on any atom is -0.493 e. The highest BCUT2D eigenvalue weighted by Gasteiger charge is 2.47. The van der Waals surface area contributed by atoms with Gasteiger partial charge < -0.3 is 4.74 Å². The zero-order chi connectivity index (χ0) is 18.9. The number of amides is 1. The fourth-order valence-electron chi connectivity index (χ4n) is 3.08. The molecule has 1 aliphatic heterocycles. The first-order valence-corrected chi connectivity index (χ1v) is 8.54. The lowest BCUT2D eigenvalue weighted by atomic mass is 9.97. The second-order valence-electron chi connectivity index (χ2n) is 6.86. The van der Waals surface area contributed by atoms with Crippen molar-refractivity contribution in [2.75, 3.05) is 13.2 Å². The standard InChI is InChI=1S/C19H21F3N2O2/c1-12(2)11-26-14-7-6-13-4-3-5-15(16(13)10-14)18(19(20,21)22)24-9-8-17(25)23-24/h3-7,10,12,18H,8-9,11H2,1-2H3,(H,23,25). The maximum absolute atomic E-state index is 13.8. The van der Waals surface area contributed by atoms with E-state index < -0.39 is 18.1 Å². The highest BCUT2D eigenvalue weighted by molar-refractivity contribution is 5.87. The first-order valence-electron chi connectivity index (χ1n) is 8.54. The number of nitrogens with zero attached hydrogens (tertiary/aromatic N) is 1. The van der Waals surface area contributed by atoms with E-state index in [0.717, 1.165) is 5.01 Å². The molecule has 3 rings (SSSR count).